The number of rotatable bonds is 2. The summed E-state index contributed by atoms with van der Waals surface area (Å²) in [6, 6.07) is 14.9. The van der Waals surface area contributed by atoms with Gasteiger partial charge in [0.1, 0.15) is 0 Å². The Labute approximate surface area is 123 Å². The minimum atomic E-state index is 0.321. The molecule has 1 aliphatic heterocycles. The molecule has 1 N–H and O–H groups in total. The van der Waals surface area contributed by atoms with Crippen LogP contribution in [0.15, 0.2) is 47.0 Å². The lowest BCUT2D eigenvalue weighted by Gasteiger charge is -2.08. The van der Waals surface area contributed by atoms with Gasteiger partial charge in [-0.1, -0.05) is 47.6 Å². The van der Waals surface area contributed by atoms with E-state index in [-0.39, 0.29) is 0 Å². The zero-order chi connectivity index (χ0) is 14.2. The van der Waals surface area contributed by atoms with Crippen molar-refractivity contribution >= 4 is 10.8 Å². The largest absolute Gasteiger partial charge is 0.339 e. The summed E-state index contributed by atoms with van der Waals surface area (Å²) in [5.74, 6) is 1.75. The van der Waals surface area contributed by atoms with Gasteiger partial charge in [0.25, 0.3) is 0 Å². The number of nitrogens with one attached hydrogen (secondary N) is 1. The van der Waals surface area contributed by atoms with E-state index in [1.807, 2.05) is 24.3 Å². The molecular formula is C17H17N3O. The molecule has 4 rings (SSSR count). The number of nitrogens with zero attached hydrogens (tertiary/aromatic N) is 2. The molecule has 0 saturated carbocycles. The summed E-state index contributed by atoms with van der Waals surface area (Å²) in [6.45, 7) is 3.18. The average molecular weight is 279 g/mol. The van der Waals surface area contributed by atoms with E-state index in [9.17, 15) is 0 Å². The lowest BCUT2D eigenvalue weighted by molar-refractivity contribution is 0.345. The van der Waals surface area contributed by atoms with Crippen molar-refractivity contribution < 1.29 is 4.52 Å². The topological polar surface area (TPSA) is 51.0 Å². The highest BCUT2D eigenvalue weighted by molar-refractivity contribution is 5.94. The molecule has 2 aromatic carbocycles. The highest BCUT2D eigenvalue weighted by atomic mass is 16.5. The highest BCUT2D eigenvalue weighted by Crippen LogP contribution is 2.30. The summed E-state index contributed by atoms with van der Waals surface area (Å²) in [4.78, 5) is 4.65. The van der Waals surface area contributed by atoms with Crippen LogP contribution in [-0.4, -0.2) is 22.7 Å². The Balaban J connectivity index is 1.78. The van der Waals surface area contributed by atoms with E-state index in [1.165, 1.54) is 5.39 Å². The fourth-order valence-corrected chi connectivity index (χ4v) is 3.11. The second-order valence-corrected chi connectivity index (χ2v) is 5.62. The zero-order valence-electron chi connectivity index (χ0n) is 11.9. The van der Waals surface area contributed by atoms with Crippen molar-refractivity contribution in [2.45, 2.75) is 25.3 Å². The van der Waals surface area contributed by atoms with Crippen LogP contribution < -0.4 is 5.32 Å². The first-order chi connectivity index (χ1) is 10.3. The van der Waals surface area contributed by atoms with Crippen molar-refractivity contribution in [1.29, 1.82) is 0 Å². The van der Waals surface area contributed by atoms with E-state index >= 15 is 0 Å². The van der Waals surface area contributed by atoms with Crippen LogP contribution in [0.1, 0.15) is 25.2 Å². The van der Waals surface area contributed by atoms with Gasteiger partial charge in [-0.25, -0.2) is 0 Å². The molecule has 21 heavy (non-hydrogen) atoms. The third-order valence-corrected chi connectivity index (χ3v) is 4.31. The highest BCUT2D eigenvalue weighted by Gasteiger charge is 2.29. The average Bonchev–Trinajstić information content (AvgIpc) is 3.15. The maximum absolute atomic E-state index is 5.52. The van der Waals surface area contributed by atoms with E-state index in [0.717, 1.165) is 29.8 Å². The minimum absolute atomic E-state index is 0.321. The van der Waals surface area contributed by atoms with Gasteiger partial charge in [-0.05, 0) is 30.7 Å². The lowest BCUT2D eigenvalue weighted by atomic mass is 10.0. The van der Waals surface area contributed by atoms with E-state index in [1.54, 1.807) is 0 Å². The number of benzene rings is 2. The second kappa shape index (κ2) is 4.97. The molecule has 0 radical (unpaired) electrons. The molecule has 1 fully saturated rings. The van der Waals surface area contributed by atoms with Crippen LogP contribution >= 0.6 is 0 Å². The molecule has 0 amide bonds. The number of hydrogen-bond donors (Lipinski definition) is 1. The molecule has 4 nitrogen and oxygen atoms in total. The molecule has 1 saturated heterocycles. The maximum atomic E-state index is 5.52. The zero-order valence-corrected chi connectivity index (χ0v) is 11.9. The van der Waals surface area contributed by atoms with E-state index in [2.05, 4.69) is 40.6 Å². The lowest BCUT2D eigenvalue weighted by Crippen LogP contribution is -2.21. The Morgan fingerprint density at radius 3 is 2.86 bits per heavy atom. The predicted molar refractivity (Wildman–Crippen MR) is 82.1 cm³/mol. The van der Waals surface area contributed by atoms with Gasteiger partial charge in [0, 0.05) is 11.6 Å². The maximum Gasteiger partial charge on any atom is 0.231 e. The number of aromatic nitrogens is 2. The van der Waals surface area contributed by atoms with Crippen molar-refractivity contribution in [2.24, 2.45) is 0 Å². The minimum Gasteiger partial charge on any atom is -0.339 e. The van der Waals surface area contributed by atoms with Crippen molar-refractivity contribution in [1.82, 2.24) is 15.5 Å². The molecule has 1 aromatic heterocycles. The first kappa shape index (κ1) is 12.5. The quantitative estimate of drug-likeness (QED) is 0.781. The molecule has 0 bridgehead atoms. The fourth-order valence-electron chi connectivity index (χ4n) is 3.11. The summed E-state index contributed by atoms with van der Waals surface area (Å²) in [5, 5.41) is 9.97. The number of hydrogen-bond acceptors (Lipinski definition) is 4. The summed E-state index contributed by atoms with van der Waals surface area (Å²) in [6.07, 6.45) is 1.05. The number of fused-ring (bicyclic) bond motifs is 1. The first-order valence-electron chi connectivity index (χ1n) is 7.38. The molecule has 1 aliphatic rings. The van der Waals surface area contributed by atoms with Crippen LogP contribution in [0.3, 0.4) is 0 Å². The first-order valence-corrected chi connectivity index (χ1v) is 7.38. The smallest absolute Gasteiger partial charge is 0.231 e. The standard InChI is InChI=1S/C17H17N3O/c1-11-13(9-10-18-11)17-19-16(20-21-17)15-8-4-6-12-5-2-3-7-14(12)15/h2-8,11,13,18H,9-10H2,1H3. The van der Waals surface area contributed by atoms with Crippen LogP contribution in [-0.2, 0) is 0 Å². The summed E-state index contributed by atoms with van der Waals surface area (Å²) >= 11 is 0. The van der Waals surface area contributed by atoms with Crippen molar-refractivity contribution in [2.75, 3.05) is 6.54 Å². The van der Waals surface area contributed by atoms with Crippen LogP contribution in [0.5, 0.6) is 0 Å². The second-order valence-electron chi connectivity index (χ2n) is 5.62. The van der Waals surface area contributed by atoms with Crippen molar-refractivity contribution in [3.05, 3.63) is 48.4 Å². The van der Waals surface area contributed by atoms with Gasteiger partial charge in [-0.15, -0.1) is 0 Å². The Morgan fingerprint density at radius 1 is 1.14 bits per heavy atom. The molecule has 2 heterocycles. The van der Waals surface area contributed by atoms with E-state index < -0.39 is 0 Å². The van der Waals surface area contributed by atoms with Crippen LogP contribution in [0.4, 0.5) is 0 Å². The van der Waals surface area contributed by atoms with Gasteiger partial charge in [0.15, 0.2) is 0 Å². The Bertz CT molecular complexity index is 775. The van der Waals surface area contributed by atoms with Gasteiger partial charge < -0.3 is 9.84 Å². The van der Waals surface area contributed by atoms with Crippen LogP contribution in [0, 0.1) is 0 Å². The summed E-state index contributed by atoms with van der Waals surface area (Å²) in [7, 11) is 0. The molecule has 0 spiro atoms. The molecule has 0 aliphatic carbocycles. The van der Waals surface area contributed by atoms with Crippen LogP contribution in [0.2, 0.25) is 0 Å². The normalized spacial score (nSPS) is 22.0. The van der Waals surface area contributed by atoms with Gasteiger partial charge in [-0.2, -0.15) is 4.98 Å². The van der Waals surface area contributed by atoms with Crippen molar-refractivity contribution in [3.63, 3.8) is 0 Å². The SMILES string of the molecule is CC1NCCC1c1nc(-c2cccc3ccccc23)no1. The third-order valence-electron chi connectivity index (χ3n) is 4.31. The van der Waals surface area contributed by atoms with Gasteiger partial charge in [0.05, 0.1) is 5.92 Å². The molecular weight excluding hydrogens is 262 g/mol. The third kappa shape index (κ3) is 2.12. The Hall–Kier alpha value is -2.20. The van der Waals surface area contributed by atoms with E-state index in [4.69, 9.17) is 4.52 Å². The van der Waals surface area contributed by atoms with Crippen molar-refractivity contribution in [3.8, 4) is 11.4 Å². The summed E-state index contributed by atoms with van der Waals surface area (Å²) < 4.78 is 5.52. The molecule has 4 heteroatoms. The summed E-state index contributed by atoms with van der Waals surface area (Å²) in [5.41, 5.74) is 1.03. The fraction of sp³-hybridized carbons (Fsp3) is 0.294. The monoisotopic (exact) mass is 279 g/mol. The molecule has 2 unspecified atom stereocenters. The molecule has 106 valence electrons. The van der Waals surface area contributed by atoms with Crippen LogP contribution in [0.25, 0.3) is 22.2 Å². The Morgan fingerprint density at radius 2 is 2.00 bits per heavy atom. The predicted octanol–water partition coefficient (Wildman–Crippen LogP) is 3.36. The van der Waals surface area contributed by atoms with Gasteiger partial charge >= 0.3 is 0 Å². The van der Waals surface area contributed by atoms with Gasteiger partial charge in [-0.3, -0.25) is 0 Å². The molecule has 3 aromatic rings. The van der Waals surface area contributed by atoms with E-state index in [0.29, 0.717) is 17.8 Å². The Kier molecular flexibility index (Phi) is 2.97. The van der Waals surface area contributed by atoms with Gasteiger partial charge in [0.2, 0.25) is 11.7 Å². The molecule has 2 atom stereocenters.